The number of benzene rings is 12. The highest BCUT2D eigenvalue weighted by Gasteiger charge is 2.22. The van der Waals surface area contributed by atoms with Gasteiger partial charge in [0.1, 0.15) is 0 Å². The summed E-state index contributed by atoms with van der Waals surface area (Å²) in [5.41, 5.74) is 16.9. The molecule has 0 radical (unpaired) electrons. The van der Waals surface area contributed by atoms with Crippen molar-refractivity contribution >= 4 is 99.3 Å². The van der Waals surface area contributed by atoms with Crippen LogP contribution in [0.3, 0.4) is 0 Å². The van der Waals surface area contributed by atoms with Crippen molar-refractivity contribution in [1.82, 2.24) is 19.1 Å². The molecule has 0 atom stereocenters. The molecule has 0 aliphatic heterocycles. The number of rotatable bonds is 10. The Hall–Kier alpha value is -10.6. The third-order valence-corrected chi connectivity index (χ3v) is 15.4. The molecule has 15 aromatic rings. The monoisotopic (exact) mass is 996 g/mol. The molecule has 6 heteroatoms. The van der Waals surface area contributed by atoms with Crippen LogP contribution in [-0.4, -0.2) is 19.1 Å². The predicted molar refractivity (Wildman–Crippen MR) is 326 cm³/mol. The fourth-order valence-corrected chi connectivity index (χ4v) is 11.9. The van der Waals surface area contributed by atoms with E-state index in [0.717, 1.165) is 79.0 Å². The molecule has 78 heavy (non-hydrogen) atoms. The van der Waals surface area contributed by atoms with Crippen molar-refractivity contribution in [3.8, 4) is 33.9 Å². The Bertz CT molecular complexity index is 4420. The number of fused-ring (bicyclic) bond motifs is 8. The lowest BCUT2D eigenvalue weighted by Crippen LogP contribution is -2.10. The first-order chi connectivity index (χ1) is 38.7. The van der Waals surface area contributed by atoms with Gasteiger partial charge in [0.2, 0.25) is 0 Å². The number of hydrogen-bond acceptors (Lipinski definition) is 4. The number of nitrogens with zero attached hydrogens (tertiary/aromatic N) is 6. The third-order valence-electron chi connectivity index (χ3n) is 15.4. The molecule has 0 N–H and O–H groups in total. The van der Waals surface area contributed by atoms with E-state index in [1.165, 1.54) is 54.1 Å². The maximum Gasteiger partial charge on any atom is 0.0965 e. The van der Waals surface area contributed by atoms with Gasteiger partial charge in [-0.2, -0.15) is 0 Å². The molecule has 0 aliphatic rings. The summed E-state index contributed by atoms with van der Waals surface area (Å²) >= 11 is 0. The number of para-hydroxylation sites is 4. The lowest BCUT2D eigenvalue weighted by Gasteiger charge is -2.27. The first-order valence-electron chi connectivity index (χ1n) is 26.5. The molecule has 0 fully saturated rings. The lowest BCUT2D eigenvalue weighted by atomic mass is 10.0. The van der Waals surface area contributed by atoms with Crippen LogP contribution in [-0.2, 0) is 0 Å². The normalized spacial score (nSPS) is 11.6. The summed E-state index contributed by atoms with van der Waals surface area (Å²) in [6.07, 6.45) is 3.58. The van der Waals surface area contributed by atoms with E-state index in [1.807, 2.05) is 0 Å². The van der Waals surface area contributed by atoms with Gasteiger partial charge in [0.25, 0.3) is 0 Å². The Morgan fingerprint density at radius 1 is 0.256 bits per heavy atom. The topological polar surface area (TPSA) is 42.1 Å². The zero-order chi connectivity index (χ0) is 51.5. The predicted octanol–water partition coefficient (Wildman–Crippen LogP) is 19.3. The molecule has 0 unspecified atom stereocenters. The number of anilines is 6. The standard InChI is InChI=1S/C72H48N6/c1-3-21-53(22-4-1)77-67-29-13-11-27-61(67)63-47-57(41-43-69(63)77)75(65-31-15-19-49-17-7-9-25-59(49)65)55-37-33-51(34-38-55)71-72(74-46-45-73-71)52-35-39-56(40-36-52)76(66-32-16-20-50-18-8-10-26-60(50)66)58-42-44-70-64(48-58)62-28-12-14-30-68(62)78(70)54-23-5-2-6-24-54/h1-48H. The van der Waals surface area contributed by atoms with Crippen LogP contribution in [0, 0.1) is 0 Å². The Morgan fingerprint density at radius 3 is 1.04 bits per heavy atom. The van der Waals surface area contributed by atoms with Crippen LogP contribution < -0.4 is 9.80 Å². The van der Waals surface area contributed by atoms with Crippen molar-refractivity contribution in [2.24, 2.45) is 0 Å². The quantitative estimate of drug-likeness (QED) is 0.137. The van der Waals surface area contributed by atoms with Crippen LogP contribution in [0.2, 0.25) is 0 Å². The Balaban J connectivity index is 0.822. The van der Waals surface area contributed by atoms with Crippen molar-refractivity contribution in [1.29, 1.82) is 0 Å². The van der Waals surface area contributed by atoms with Gasteiger partial charge in [0.15, 0.2) is 0 Å². The highest BCUT2D eigenvalue weighted by molar-refractivity contribution is 6.13. The molecule has 3 heterocycles. The largest absolute Gasteiger partial charge is 0.310 e. The van der Waals surface area contributed by atoms with E-state index in [-0.39, 0.29) is 0 Å². The van der Waals surface area contributed by atoms with Gasteiger partial charge in [-0.25, -0.2) is 0 Å². The van der Waals surface area contributed by atoms with Crippen molar-refractivity contribution in [2.75, 3.05) is 9.80 Å². The number of aromatic nitrogens is 4. The molecule has 15 rings (SSSR count). The fourth-order valence-electron chi connectivity index (χ4n) is 11.9. The molecular formula is C72H48N6. The highest BCUT2D eigenvalue weighted by atomic mass is 15.2. The third kappa shape index (κ3) is 7.49. The van der Waals surface area contributed by atoms with Gasteiger partial charge in [-0.15, -0.1) is 0 Å². The molecule has 0 saturated heterocycles. The minimum absolute atomic E-state index is 0.815. The van der Waals surface area contributed by atoms with Gasteiger partial charge < -0.3 is 18.9 Å². The minimum Gasteiger partial charge on any atom is -0.310 e. The Kier molecular flexibility index (Phi) is 10.7. The maximum atomic E-state index is 5.02. The van der Waals surface area contributed by atoms with E-state index < -0.39 is 0 Å². The summed E-state index contributed by atoms with van der Waals surface area (Å²) in [4.78, 5) is 14.8. The zero-order valence-corrected chi connectivity index (χ0v) is 42.4. The van der Waals surface area contributed by atoms with E-state index in [1.54, 1.807) is 12.4 Å². The van der Waals surface area contributed by atoms with Gasteiger partial charge in [-0.1, -0.05) is 170 Å². The Labute approximate surface area is 451 Å². The minimum atomic E-state index is 0.815. The summed E-state index contributed by atoms with van der Waals surface area (Å²) in [5, 5.41) is 9.51. The first kappa shape index (κ1) is 44.9. The van der Waals surface area contributed by atoms with Crippen molar-refractivity contribution < 1.29 is 0 Å². The summed E-state index contributed by atoms with van der Waals surface area (Å²) in [7, 11) is 0. The van der Waals surface area contributed by atoms with E-state index >= 15 is 0 Å². The molecule has 12 aromatic carbocycles. The van der Waals surface area contributed by atoms with Gasteiger partial charge in [-0.3, -0.25) is 9.97 Å². The zero-order valence-electron chi connectivity index (χ0n) is 42.4. The SMILES string of the molecule is c1ccc(-n2c3ccccc3c3cc(N(c4ccc(-c5nccnc5-c5ccc(N(c6ccc7c(c6)c6ccccc6n7-c6ccccc6)c6cccc7ccccc67)cc5)cc4)c4cccc5ccccc45)ccc32)cc1. The van der Waals surface area contributed by atoms with E-state index in [0.29, 0.717) is 0 Å². The van der Waals surface area contributed by atoms with Crippen LogP contribution in [0.25, 0.3) is 99.0 Å². The summed E-state index contributed by atoms with van der Waals surface area (Å²) in [5.74, 6) is 0. The van der Waals surface area contributed by atoms with Gasteiger partial charge in [0, 0.05) is 90.0 Å². The summed E-state index contributed by atoms with van der Waals surface area (Å²) in [6.45, 7) is 0. The van der Waals surface area contributed by atoms with Crippen molar-refractivity contribution in [2.45, 2.75) is 0 Å². The molecular weight excluding hydrogens is 949 g/mol. The van der Waals surface area contributed by atoms with Gasteiger partial charge >= 0.3 is 0 Å². The van der Waals surface area contributed by atoms with Crippen molar-refractivity contribution in [3.63, 3.8) is 0 Å². The van der Waals surface area contributed by atoms with Gasteiger partial charge in [0.05, 0.1) is 44.8 Å². The molecule has 0 amide bonds. The molecule has 0 spiro atoms. The maximum absolute atomic E-state index is 5.02. The molecule has 6 nitrogen and oxygen atoms in total. The average molecular weight is 997 g/mol. The fraction of sp³-hybridized carbons (Fsp3) is 0. The van der Waals surface area contributed by atoms with E-state index in [2.05, 4.69) is 298 Å². The van der Waals surface area contributed by atoms with Gasteiger partial charge in [-0.05, 0) is 120 Å². The van der Waals surface area contributed by atoms with Crippen molar-refractivity contribution in [3.05, 3.63) is 291 Å². The second-order valence-corrected chi connectivity index (χ2v) is 19.8. The number of hydrogen-bond donors (Lipinski definition) is 0. The summed E-state index contributed by atoms with van der Waals surface area (Å²) < 4.78 is 4.73. The molecule has 0 bridgehead atoms. The molecule has 366 valence electrons. The van der Waals surface area contributed by atoms with Crippen LogP contribution >= 0.6 is 0 Å². The van der Waals surface area contributed by atoms with E-state index in [9.17, 15) is 0 Å². The van der Waals surface area contributed by atoms with Crippen LogP contribution in [0.1, 0.15) is 0 Å². The highest BCUT2D eigenvalue weighted by Crippen LogP contribution is 2.45. The molecule has 0 saturated carbocycles. The lowest BCUT2D eigenvalue weighted by molar-refractivity contribution is 1.18. The summed E-state index contributed by atoms with van der Waals surface area (Å²) in [6, 6.07) is 100. The van der Waals surface area contributed by atoms with Crippen LogP contribution in [0.5, 0.6) is 0 Å². The first-order valence-corrected chi connectivity index (χ1v) is 26.5. The Morgan fingerprint density at radius 2 is 0.603 bits per heavy atom. The molecule has 3 aromatic heterocycles. The smallest absolute Gasteiger partial charge is 0.0965 e. The molecule has 0 aliphatic carbocycles. The van der Waals surface area contributed by atoms with Crippen LogP contribution in [0.4, 0.5) is 34.1 Å². The van der Waals surface area contributed by atoms with Crippen LogP contribution in [0.15, 0.2) is 291 Å². The second-order valence-electron chi connectivity index (χ2n) is 19.8. The van der Waals surface area contributed by atoms with E-state index in [4.69, 9.17) is 9.97 Å². The second kappa shape index (κ2) is 18.7. The average Bonchev–Trinajstić information content (AvgIpc) is 4.23.